The van der Waals surface area contributed by atoms with Gasteiger partial charge in [-0.05, 0) is 30.3 Å². The molecule has 0 fully saturated rings. The first-order valence-corrected chi connectivity index (χ1v) is 5.58. The summed E-state index contributed by atoms with van der Waals surface area (Å²) in [5.74, 6) is -1.94. The molecule has 6 N–H and O–H groups in total. The monoisotopic (exact) mass is 274 g/mol. The first kappa shape index (κ1) is 15.0. The molecule has 0 unspecified atom stereocenters. The summed E-state index contributed by atoms with van der Waals surface area (Å²) in [5, 5.41) is 16.9. The third-order valence-corrected chi connectivity index (χ3v) is 2.32. The van der Waals surface area contributed by atoms with Crippen LogP contribution in [0.2, 0.25) is 0 Å². The average Bonchev–Trinajstić information content (AvgIpc) is 2.39. The second-order valence-corrected chi connectivity index (χ2v) is 3.82. The molecule has 0 heterocycles. The van der Waals surface area contributed by atoms with E-state index in [4.69, 9.17) is 21.7 Å². The Balaban J connectivity index is 0.000000200. The molecule has 2 aromatic rings. The highest BCUT2D eigenvalue weighted by molar-refractivity contribution is 5.93. The number of hydrogen-bond acceptors (Lipinski definition) is 4. The first-order valence-electron chi connectivity index (χ1n) is 5.58. The minimum atomic E-state index is -0.988. The molecule has 20 heavy (non-hydrogen) atoms. The molecule has 0 radical (unpaired) electrons. The predicted octanol–water partition coefficient (Wildman–Crippen LogP) is 1.93. The van der Waals surface area contributed by atoms with Crippen LogP contribution in [0.15, 0.2) is 48.5 Å². The zero-order valence-electron chi connectivity index (χ0n) is 10.5. The van der Waals surface area contributed by atoms with Crippen LogP contribution in [0, 0.1) is 0 Å². The Morgan fingerprint density at radius 2 is 1.50 bits per heavy atom. The lowest BCUT2D eigenvalue weighted by molar-refractivity contribution is 0.0686. The summed E-state index contributed by atoms with van der Waals surface area (Å²) in [6.45, 7) is 0. The standard InChI is InChI=1S/2C7H7NO2/c8-6-3-1-2-5(4-6)7(9)10;8-6-4-2-1-3-5(6)7(9)10/h2*1-4H,8H2,(H,9,10). The lowest BCUT2D eigenvalue weighted by Gasteiger charge is -1.96. The van der Waals surface area contributed by atoms with E-state index in [1.807, 2.05) is 0 Å². The number of hydrogen-bond donors (Lipinski definition) is 4. The third-order valence-electron chi connectivity index (χ3n) is 2.32. The van der Waals surface area contributed by atoms with Crippen molar-refractivity contribution in [2.45, 2.75) is 0 Å². The maximum atomic E-state index is 10.3. The molecule has 0 aromatic heterocycles. The Kier molecular flexibility index (Phi) is 5.11. The van der Waals surface area contributed by atoms with E-state index in [1.54, 1.807) is 30.3 Å². The van der Waals surface area contributed by atoms with Gasteiger partial charge in [0.05, 0.1) is 11.1 Å². The van der Waals surface area contributed by atoms with Crippen LogP contribution in [0.4, 0.5) is 11.4 Å². The topological polar surface area (TPSA) is 127 Å². The van der Waals surface area contributed by atoms with Gasteiger partial charge in [0, 0.05) is 11.4 Å². The smallest absolute Gasteiger partial charge is 0.337 e. The molecule has 2 rings (SSSR count). The van der Waals surface area contributed by atoms with Gasteiger partial charge in [-0.2, -0.15) is 0 Å². The molecular weight excluding hydrogens is 260 g/mol. The third kappa shape index (κ3) is 4.34. The highest BCUT2D eigenvalue weighted by Gasteiger charge is 2.03. The summed E-state index contributed by atoms with van der Waals surface area (Å²) in [5.41, 5.74) is 11.8. The fourth-order valence-corrected chi connectivity index (χ4v) is 1.36. The average molecular weight is 274 g/mol. The number of carbonyl (C=O) groups is 2. The predicted molar refractivity (Wildman–Crippen MR) is 75.6 cm³/mol. The van der Waals surface area contributed by atoms with Crippen LogP contribution in [0.5, 0.6) is 0 Å². The molecule has 6 heteroatoms. The normalized spacial score (nSPS) is 9.20. The number of benzene rings is 2. The van der Waals surface area contributed by atoms with Gasteiger partial charge in [-0.3, -0.25) is 0 Å². The number of anilines is 2. The molecule has 0 amide bonds. The van der Waals surface area contributed by atoms with E-state index in [0.29, 0.717) is 11.4 Å². The Hall–Kier alpha value is -3.02. The molecule has 104 valence electrons. The van der Waals surface area contributed by atoms with Crippen molar-refractivity contribution in [3.05, 3.63) is 59.7 Å². The quantitative estimate of drug-likeness (QED) is 0.620. The van der Waals surface area contributed by atoms with Crippen molar-refractivity contribution in [2.24, 2.45) is 0 Å². The van der Waals surface area contributed by atoms with Crippen LogP contribution in [0.3, 0.4) is 0 Å². The van der Waals surface area contributed by atoms with Crippen LogP contribution in [0.1, 0.15) is 20.7 Å². The van der Waals surface area contributed by atoms with Crippen molar-refractivity contribution < 1.29 is 19.8 Å². The number of carboxylic acids is 2. The maximum Gasteiger partial charge on any atom is 0.337 e. The zero-order valence-corrected chi connectivity index (χ0v) is 10.5. The van der Waals surface area contributed by atoms with Gasteiger partial charge in [-0.15, -0.1) is 0 Å². The number of para-hydroxylation sites is 1. The number of carboxylic acid groups (broad SMARTS) is 2. The molecule has 0 aliphatic heterocycles. The summed E-state index contributed by atoms with van der Waals surface area (Å²) >= 11 is 0. The van der Waals surface area contributed by atoms with Crippen molar-refractivity contribution in [1.82, 2.24) is 0 Å². The van der Waals surface area contributed by atoms with Crippen molar-refractivity contribution in [1.29, 1.82) is 0 Å². The lowest BCUT2D eigenvalue weighted by atomic mass is 10.2. The van der Waals surface area contributed by atoms with Gasteiger partial charge in [0.2, 0.25) is 0 Å². The molecule has 0 aliphatic carbocycles. The van der Waals surface area contributed by atoms with Gasteiger partial charge >= 0.3 is 11.9 Å². The SMILES string of the molecule is Nc1cccc(C(=O)O)c1.Nc1ccccc1C(=O)O. The summed E-state index contributed by atoms with van der Waals surface area (Å²) < 4.78 is 0. The lowest BCUT2D eigenvalue weighted by Crippen LogP contribution is -2.00. The first-order chi connectivity index (χ1) is 9.41. The summed E-state index contributed by atoms with van der Waals surface area (Å²) in [7, 11) is 0. The molecule has 0 saturated carbocycles. The second-order valence-electron chi connectivity index (χ2n) is 3.82. The Morgan fingerprint density at radius 1 is 0.850 bits per heavy atom. The van der Waals surface area contributed by atoms with Crippen molar-refractivity contribution in [2.75, 3.05) is 11.5 Å². The van der Waals surface area contributed by atoms with Crippen LogP contribution in [0.25, 0.3) is 0 Å². The van der Waals surface area contributed by atoms with Gasteiger partial charge in [0.15, 0.2) is 0 Å². The van der Waals surface area contributed by atoms with Crippen LogP contribution in [-0.2, 0) is 0 Å². The molecule has 0 atom stereocenters. The fraction of sp³-hybridized carbons (Fsp3) is 0. The number of nitrogens with two attached hydrogens (primary N) is 2. The van der Waals surface area contributed by atoms with E-state index >= 15 is 0 Å². The molecule has 0 spiro atoms. The highest BCUT2D eigenvalue weighted by atomic mass is 16.4. The Bertz CT molecular complexity index is 626. The number of nitrogen functional groups attached to an aromatic ring is 2. The van der Waals surface area contributed by atoms with Gasteiger partial charge in [0.1, 0.15) is 0 Å². The largest absolute Gasteiger partial charge is 0.478 e. The molecular formula is C14H14N2O4. The number of aromatic carboxylic acids is 2. The van der Waals surface area contributed by atoms with Crippen molar-refractivity contribution in [3.63, 3.8) is 0 Å². The maximum absolute atomic E-state index is 10.3. The van der Waals surface area contributed by atoms with Crippen molar-refractivity contribution >= 4 is 23.3 Å². The zero-order chi connectivity index (χ0) is 15.1. The molecule has 2 aromatic carbocycles. The van der Waals surface area contributed by atoms with Crippen molar-refractivity contribution in [3.8, 4) is 0 Å². The molecule has 0 saturated heterocycles. The van der Waals surface area contributed by atoms with E-state index < -0.39 is 11.9 Å². The van der Waals surface area contributed by atoms with Gasteiger partial charge in [-0.25, -0.2) is 9.59 Å². The van der Waals surface area contributed by atoms with E-state index in [2.05, 4.69) is 0 Å². The Labute approximate surface area is 115 Å². The highest BCUT2D eigenvalue weighted by Crippen LogP contribution is 2.09. The summed E-state index contributed by atoms with van der Waals surface area (Å²) in [6.07, 6.45) is 0. The fourth-order valence-electron chi connectivity index (χ4n) is 1.36. The number of rotatable bonds is 2. The molecule has 0 bridgehead atoms. The van der Waals surface area contributed by atoms with E-state index in [-0.39, 0.29) is 11.1 Å². The van der Waals surface area contributed by atoms with E-state index in [1.165, 1.54) is 18.2 Å². The Morgan fingerprint density at radius 3 is 1.90 bits per heavy atom. The minimum absolute atomic E-state index is 0.155. The molecule has 0 aliphatic rings. The minimum Gasteiger partial charge on any atom is -0.478 e. The van der Waals surface area contributed by atoms with Crippen LogP contribution in [-0.4, -0.2) is 22.2 Å². The van der Waals surface area contributed by atoms with Crippen LogP contribution >= 0.6 is 0 Å². The van der Waals surface area contributed by atoms with Gasteiger partial charge < -0.3 is 21.7 Å². The van der Waals surface area contributed by atoms with E-state index in [0.717, 1.165) is 0 Å². The summed E-state index contributed by atoms with van der Waals surface area (Å²) in [6, 6.07) is 12.5. The summed E-state index contributed by atoms with van der Waals surface area (Å²) in [4.78, 5) is 20.6. The van der Waals surface area contributed by atoms with E-state index in [9.17, 15) is 9.59 Å². The second kappa shape index (κ2) is 6.79. The van der Waals surface area contributed by atoms with Gasteiger partial charge in [0.25, 0.3) is 0 Å². The van der Waals surface area contributed by atoms with Crippen LogP contribution < -0.4 is 11.5 Å². The molecule has 6 nitrogen and oxygen atoms in total. The van der Waals surface area contributed by atoms with Gasteiger partial charge in [-0.1, -0.05) is 18.2 Å².